The van der Waals surface area contributed by atoms with E-state index in [1.54, 1.807) is 6.92 Å². The summed E-state index contributed by atoms with van der Waals surface area (Å²) in [4.78, 5) is 0. The summed E-state index contributed by atoms with van der Waals surface area (Å²) in [5.74, 6) is 0.128. The first kappa shape index (κ1) is 21.1. The minimum atomic E-state index is -2.42. The molecule has 13 heteroatoms. The van der Waals surface area contributed by atoms with Gasteiger partial charge < -0.3 is 15.8 Å². The molecule has 148 valence electrons. The van der Waals surface area contributed by atoms with E-state index in [1.807, 2.05) is 0 Å². The maximum atomic E-state index is 13.3. The molecule has 0 aliphatic heterocycles. The minimum absolute atomic E-state index is 0.0499. The lowest BCUT2D eigenvalue weighted by molar-refractivity contribution is 0.305. The van der Waals surface area contributed by atoms with Crippen molar-refractivity contribution in [2.75, 3.05) is 36.5 Å². The molecule has 27 heavy (non-hydrogen) atoms. The standard InChI is InChI=1S/C14H19BrFN7O3S/c1-3-27(25,17-2)19-7-6-18-13-12(22-26-23-13)14(21-24)20-9-4-5-11(16)10(15)8-9/h4-5,8,24H,3,6-7H2,1-2H3,(H,18,23)(H,20,21)(H,17,19,25). The van der Waals surface area contributed by atoms with Gasteiger partial charge in [-0.3, -0.25) is 0 Å². The quantitative estimate of drug-likeness (QED) is 0.155. The first-order chi connectivity index (χ1) is 12.9. The molecule has 0 saturated carbocycles. The molecule has 1 aromatic heterocycles. The molecule has 0 amide bonds. The van der Waals surface area contributed by atoms with E-state index in [4.69, 9.17) is 4.63 Å². The van der Waals surface area contributed by atoms with Crippen LogP contribution in [0.5, 0.6) is 0 Å². The van der Waals surface area contributed by atoms with E-state index in [9.17, 15) is 13.8 Å². The number of hydrogen-bond acceptors (Lipinski definition) is 8. The second-order valence-electron chi connectivity index (χ2n) is 5.10. The van der Waals surface area contributed by atoms with Crippen LogP contribution in [0.1, 0.15) is 12.6 Å². The van der Waals surface area contributed by atoms with Crippen molar-refractivity contribution in [2.45, 2.75) is 6.92 Å². The van der Waals surface area contributed by atoms with E-state index >= 15 is 0 Å². The molecular formula is C14H19BrFN7O3S. The maximum Gasteiger partial charge on any atom is 0.203 e. The van der Waals surface area contributed by atoms with Gasteiger partial charge in [-0.05, 0) is 44.4 Å². The van der Waals surface area contributed by atoms with Crippen LogP contribution in [-0.2, 0) is 9.92 Å². The Morgan fingerprint density at radius 1 is 1.41 bits per heavy atom. The molecule has 0 aliphatic rings. The molecule has 0 fully saturated rings. The van der Waals surface area contributed by atoms with Crippen molar-refractivity contribution in [1.82, 2.24) is 15.0 Å². The number of hydrogen-bond donors (Lipinski definition) is 4. The fourth-order valence-corrected chi connectivity index (χ4v) is 3.38. The molecule has 1 heterocycles. The average Bonchev–Trinajstić information content (AvgIpc) is 3.14. The summed E-state index contributed by atoms with van der Waals surface area (Å²) in [5, 5.41) is 25.6. The molecule has 0 saturated heterocycles. The molecule has 10 nitrogen and oxygen atoms in total. The third-order valence-corrected chi connectivity index (χ3v) is 6.06. The molecule has 2 rings (SSSR count). The summed E-state index contributed by atoms with van der Waals surface area (Å²) in [6.07, 6.45) is 0. The van der Waals surface area contributed by atoms with Crippen LogP contribution in [0.25, 0.3) is 0 Å². The number of nitrogens with one attached hydrogen (secondary N) is 3. The van der Waals surface area contributed by atoms with Crippen molar-refractivity contribution >= 4 is 43.2 Å². The zero-order valence-electron chi connectivity index (χ0n) is 14.6. The molecule has 0 spiro atoms. The van der Waals surface area contributed by atoms with Gasteiger partial charge in [0.2, 0.25) is 11.7 Å². The third kappa shape index (κ3) is 5.61. The van der Waals surface area contributed by atoms with E-state index in [0.717, 1.165) is 0 Å². The van der Waals surface area contributed by atoms with Crippen LogP contribution >= 0.6 is 15.9 Å². The Kier molecular flexibility index (Phi) is 7.50. The van der Waals surface area contributed by atoms with Crippen molar-refractivity contribution < 1.29 is 18.4 Å². The van der Waals surface area contributed by atoms with Gasteiger partial charge in [0.25, 0.3) is 0 Å². The zero-order chi connectivity index (χ0) is 19.9. The number of aromatic nitrogens is 2. The number of nitrogens with zero attached hydrogens (tertiary/aromatic N) is 4. The van der Waals surface area contributed by atoms with Gasteiger partial charge in [0.05, 0.1) is 4.47 Å². The van der Waals surface area contributed by atoms with Crippen LogP contribution in [0.15, 0.2) is 36.8 Å². The van der Waals surface area contributed by atoms with Crippen LogP contribution in [0.4, 0.5) is 15.9 Å². The van der Waals surface area contributed by atoms with E-state index in [2.05, 4.69) is 51.1 Å². The molecule has 1 aromatic carbocycles. The van der Waals surface area contributed by atoms with Crippen molar-refractivity contribution in [1.29, 1.82) is 0 Å². The van der Waals surface area contributed by atoms with E-state index in [0.29, 0.717) is 24.5 Å². The van der Waals surface area contributed by atoms with Crippen LogP contribution in [-0.4, -0.2) is 51.5 Å². The van der Waals surface area contributed by atoms with Gasteiger partial charge in [0.1, 0.15) is 15.7 Å². The number of rotatable bonds is 8. The summed E-state index contributed by atoms with van der Waals surface area (Å²) >= 11 is 3.08. The number of amidine groups is 1. The Labute approximate surface area is 164 Å². The Morgan fingerprint density at radius 2 is 2.19 bits per heavy atom. The Bertz CT molecular complexity index is 927. The Morgan fingerprint density at radius 3 is 2.81 bits per heavy atom. The second-order valence-corrected chi connectivity index (χ2v) is 8.46. The van der Waals surface area contributed by atoms with Crippen molar-refractivity contribution in [3.8, 4) is 0 Å². The zero-order valence-corrected chi connectivity index (χ0v) is 17.0. The second kappa shape index (κ2) is 9.62. The van der Waals surface area contributed by atoms with Crippen LogP contribution in [0.3, 0.4) is 0 Å². The topological polar surface area (TPSA) is 137 Å². The lowest BCUT2D eigenvalue weighted by atomic mass is 10.3. The smallest absolute Gasteiger partial charge is 0.203 e. The van der Waals surface area contributed by atoms with Crippen LogP contribution in [0.2, 0.25) is 0 Å². The minimum Gasteiger partial charge on any atom is -0.409 e. The molecule has 1 atom stereocenters. The highest BCUT2D eigenvalue weighted by atomic mass is 79.9. The van der Waals surface area contributed by atoms with Gasteiger partial charge in [-0.15, -0.1) is 0 Å². The molecular weight excluding hydrogens is 445 g/mol. The molecule has 4 N–H and O–H groups in total. The third-order valence-electron chi connectivity index (χ3n) is 3.43. The van der Waals surface area contributed by atoms with E-state index in [-0.39, 0.29) is 21.8 Å². The highest BCUT2D eigenvalue weighted by Gasteiger charge is 2.18. The van der Waals surface area contributed by atoms with Crippen LogP contribution < -0.4 is 15.4 Å². The molecule has 0 radical (unpaired) electrons. The van der Waals surface area contributed by atoms with Crippen molar-refractivity contribution in [2.24, 2.45) is 9.52 Å². The molecule has 1 unspecified atom stereocenters. The first-order valence-corrected chi connectivity index (χ1v) is 10.3. The predicted octanol–water partition coefficient (Wildman–Crippen LogP) is 2.25. The first-order valence-electron chi connectivity index (χ1n) is 7.81. The molecule has 0 bridgehead atoms. The molecule has 2 aromatic rings. The van der Waals surface area contributed by atoms with Crippen LogP contribution in [0, 0.1) is 5.82 Å². The summed E-state index contributed by atoms with van der Waals surface area (Å²) < 4.78 is 37.1. The van der Waals surface area contributed by atoms with Crippen molar-refractivity contribution in [3.63, 3.8) is 0 Å². The van der Waals surface area contributed by atoms with Gasteiger partial charge in [0.15, 0.2) is 5.69 Å². The number of halogens is 2. The Hall–Kier alpha value is -2.25. The number of oxime groups is 1. The monoisotopic (exact) mass is 463 g/mol. The van der Waals surface area contributed by atoms with E-state index < -0.39 is 15.7 Å². The fraction of sp³-hybridized carbons (Fsp3) is 0.357. The van der Waals surface area contributed by atoms with Gasteiger partial charge in [-0.2, -0.15) is 0 Å². The van der Waals surface area contributed by atoms with E-state index in [1.165, 1.54) is 25.2 Å². The summed E-state index contributed by atoms with van der Waals surface area (Å²) in [7, 11) is -0.926. The predicted molar refractivity (Wildman–Crippen MR) is 104 cm³/mol. The normalized spacial score (nSPS) is 13.9. The molecule has 0 aliphatic carbocycles. The lowest BCUT2D eigenvalue weighted by Crippen LogP contribution is -2.30. The lowest BCUT2D eigenvalue weighted by Gasteiger charge is -2.10. The average molecular weight is 464 g/mol. The van der Waals surface area contributed by atoms with Gasteiger partial charge in [0, 0.05) is 31.6 Å². The maximum absolute atomic E-state index is 13.3. The SMILES string of the molecule is CCS(=O)(=NC)NCCNc1nonc1/C(=N/O)Nc1ccc(F)c(Br)c1. The number of anilines is 2. The summed E-state index contributed by atoms with van der Waals surface area (Å²) in [6, 6.07) is 4.18. The summed E-state index contributed by atoms with van der Waals surface area (Å²) in [5.41, 5.74) is 0.577. The summed E-state index contributed by atoms with van der Waals surface area (Å²) in [6.45, 7) is 2.47. The number of benzene rings is 1. The van der Waals surface area contributed by atoms with Gasteiger partial charge in [-0.25, -0.2) is 22.3 Å². The largest absolute Gasteiger partial charge is 0.409 e. The highest BCUT2D eigenvalue weighted by molar-refractivity contribution is 9.10. The Balaban J connectivity index is 2.03. The highest BCUT2D eigenvalue weighted by Crippen LogP contribution is 2.21. The van der Waals surface area contributed by atoms with Gasteiger partial charge in [-0.1, -0.05) is 12.1 Å². The van der Waals surface area contributed by atoms with Crippen molar-refractivity contribution in [3.05, 3.63) is 34.2 Å². The fourth-order valence-electron chi connectivity index (χ4n) is 1.99. The van der Waals surface area contributed by atoms with Gasteiger partial charge >= 0.3 is 0 Å².